The van der Waals surface area contributed by atoms with Crippen LogP contribution in [-0.2, 0) is 0 Å². The Hall–Kier alpha value is -2.15. The number of carbonyl (C=O) groups is 1. The zero-order chi connectivity index (χ0) is 17.1. The Bertz CT molecular complexity index is 709. The van der Waals surface area contributed by atoms with Crippen molar-refractivity contribution in [3.63, 3.8) is 0 Å². The molecule has 1 unspecified atom stereocenters. The third-order valence-electron chi connectivity index (χ3n) is 4.16. The number of rotatable bonds is 3. The molecule has 7 heteroatoms. The number of piperidine rings is 1. The average molecular weight is 345 g/mol. The molecule has 3 rings (SSSR count). The second-order valence-corrected chi connectivity index (χ2v) is 7.34. The Morgan fingerprint density at radius 2 is 1.92 bits per heavy atom. The second kappa shape index (κ2) is 7.17. The molecule has 2 N–H and O–H groups in total. The molecule has 0 aliphatic carbocycles. The van der Waals surface area contributed by atoms with Crippen molar-refractivity contribution in [2.75, 3.05) is 22.1 Å². The first kappa shape index (κ1) is 16.7. The minimum atomic E-state index is -0.297. The van der Waals surface area contributed by atoms with Crippen LogP contribution in [0.1, 0.15) is 37.3 Å². The predicted octanol–water partition coefficient (Wildman–Crippen LogP) is 4.18. The summed E-state index contributed by atoms with van der Waals surface area (Å²) in [7, 11) is 0. The van der Waals surface area contributed by atoms with Gasteiger partial charge in [0.1, 0.15) is 0 Å². The highest BCUT2D eigenvalue weighted by molar-refractivity contribution is 7.19. The largest absolute Gasteiger partial charge is 0.344 e. The van der Waals surface area contributed by atoms with Crippen LogP contribution in [0.4, 0.5) is 20.7 Å². The van der Waals surface area contributed by atoms with Crippen LogP contribution < -0.4 is 15.5 Å². The molecule has 0 radical (unpaired) electrons. The zero-order valence-corrected chi connectivity index (χ0v) is 15.1. The van der Waals surface area contributed by atoms with Gasteiger partial charge in [0.2, 0.25) is 10.3 Å². The number of anilines is 3. The maximum atomic E-state index is 12.2. The molecule has 2 amide bonds. The van der Waals surface area contributed by atoms with Crippen molar-refractivity contribution in [3.8, 4) is 0 Å². The van der Waals surface area contributed by atoms with Crippen LogP contribution in [0.5, 0.6) is 0 Å². The van der Waals surface area contributed by atoms with Crippen molar-refractivity contribution in [3.05, 3.63) is 29.3 Å². The lowest BCUT2D eigenvalue weighted by Gasteiger charge is -2.32. The Kier molecular flexibility index (Phi) is 4.99. The number of aromatic nitrogens is 2. The van der Waals surface area contributed by atoms with Gasteiger partial charge >= 0.3 is 6.03 Å². The number of benzene rings is 1. The minimum absolute atomic E-state index is 0.297. The maximum Gasteiger partial charge on any atom is 0.325 e. The van der Waals surface area contributed by atoms with Crippen LogP contribution in [0.25, 0.3) is 0 Å². The molecule has 6 nitrogen and oxygen atoms in total. The molecule has 1 aromatic carbocycles. The standard InChI is InChI=1S/C17H23N5OS/c1-11-8-12(2)10-14(9-11)18-15(23)19-16-20-21-17(24-16)22-7-5-4-6-13(22)3/h8-10,13H,4-7H2,1-3H3,(H2,18,19,20,23). The lowest BCUT2D eigenvalue weighted by atomic mass is 10.1. The molecule has 1 aliphatic rings. The first-order valence-corrected chi connectivity index (χ1v) is 9.09. The van der Waals surface area contributed by atoms with Gasteiger partial charge in [-0.15, -0.1) is 10.2 Å². The van der Waals surface area contributed by atoms with E-state index in [0.717, 1.165) is 28.5 Å². The molecule has 1 atom stereocenters. The van der Waals surface area contributed by atoms with Crippen LogP contribution in [0.15, 0.2) is 18.2 Å². The third-order valence-corrected chi connectivity index (χ3v) is 5.04. The van der Waals surface area contributed by atoms with Gasteiger partial charge < -0.3 is 10.2 Å². The Morgan fingerprint density at radius 1 is 1.17 bits per heavy atom. The zero-order valence-electron chi connectivity index (χ0n) is 14.3. The molecule has 1 aliphatic heterocycles. The van der Waals surface area contributed by atoms with Gasteiger partial charge in [0.25, 0.3) is 0 Å². The SMILES string of the molecule is Cc1cc(C)cc(NC(=O)Nc2nnc(N3CCCCC3C)s2)c1. The Morgan fingerprint density at radius 3 is 2.62 bits per heavy atom. The number of nitrogens with zero attached hydrogens (tertiary/aromatic N) is 3. The van der Waals surface area contributed by atoms with E-state index in [9.17, 15) is 4.79 Å². The van der Waals surface area contributed by atoms with Gasteiger partial charge in [-0.05, 0) is 63.3 Å². The summed E-state index contributed by atoms with van der Waals surface area (Å²) in [6.07, 6.45) is 3.62. The fourth-order valence-corrected chi connectivity index (χ4v) is 3.94. The summed E-state index contributed by atoms with van der Waals surface area (Å²) in [6, 6.07) is 6.12. The summed E-state index contributed by atoms with van der Waals surface area (Å²) in [4.78, 5) is 14.4. The summed E-state index contributed by atoms with van der Waals surface area (Å²) >= 11 is 1.42. The van der Waals surface area contributed by atoms with Gasteiger partial charge in [-0.3, -0.25) is 5.32 Å². The van der Waals surface area contributed by atoms with Gasteiger partial charge in [0.05, 0.1) is 0 Å². The molecular weight excluding hydrogens is 322 g/mol. The fraction of sp³-hybridized carbons (Fsp3) is 0.471. The number of nitrogens with one attached hydrogen (secondary N) is 2. The van der Waals surface area contributed by atoms with E-state index in [4.69, 9.17) is 0 Å². The molecule has 128 valence electrons. The number of amides is 2. The molecule has 0 saturated carbocycles. The molecular formula is C17H23N5OS. The van der Waals surface area contributed by atoms with E-state index in [-0.39, 0.29) is 6.03 Å². The van der Waals surface area contributed by atoms with E-state index in [1.54, 1.807) is 0 Å². The van der Waals surface area contributed by atoms with Crippen LogP contribution in [0, 0.1) is 13.8 Å². The Balaban J connectivity index is 1.62. The van der Waals surface area contributed by atoms with Crippen molar-refractivity contribution >= 4 is 33.3 Å². The van der Waals surface area contributed by atoms with E-state index in [0.29, 0.717) is 11.2 Å². The summed E-state index contributed by atoms with van der Waals surface area (Å²) in [6.45, 7) is 7.23. The van der Waals surface area contributed by atoms with Crippen LogP contribution >= 0.6 is 11.3 Å². The highest BCUT2D eigenvalue weighted by Crippen LogP contribution is 2.29. The molecule has 2 heterocycles. The van der Waals surface area contributed by atoms with E-state index < -0.39 is 0 Å². The number of carbonyl (C=O) groups excluding carboxylic acids is 1. The van der Waals surface area contributed by atoms with Gasteiger partial charge in [0, 0.05) is 18.3 Å². The van der Waals surface area contributed by atoms with Gasteiger partial charge in [-0.1, -0.05) is 17.4 Å². The van der Waals surface area contributed by atoms with Crippen molar-refractivity contribution in [2.24, 2.45) is 0 Å². The fourth-order valence-electron chi connectivity index (χ4n) is 3.07. The highest BCUT2D eigenvalue weighted by Gasteiger charge is 2.22. The molecule has 24 heavy (non-hydrogen) atoms. The summed E-state index contributed by atoms with van der Waals surface area (Å²) in [5.41, 5.74) is 3.00. The van der Waals surface area contributed by atoms with Crippen molar-refractivity contribution in [1.82, 2.24) is 10.2 Å². The topological polar surface area (TPSA) is 70.1 Å². The van der Waals surface area contributed by atoms with Crippen molar-refractivity contribution < 1.29 is 4.79 Å². The van der Waals surface area contributed by atoms with Crippen LogP contribution in [0.2, 0.25) is 0 Å². The predicted molar refractivity (Wildman–Crippen MR) is 99.1 cm³/mol. The quantitative estimate of drug-likeness (QED) is 0.875. The monoisotopic (exact) mass is 345 g/mol. The van der Waals surface area contributed by atoms with Gasteiger partial charge in [-0.25, -0.2) is 4.79 Å². The first-order valence-electron chi connectivity index (χ1n) is 8.28. The summed E-state index contributed by atoms with van der Waals surface area (Å²) < 4.78 is 0. The normalized spacial score (nSPS) is 17.6. The number of aryl methyl sites for hydroxylation is 2. The second-order valence-electron chi connectivity index (χ2n) is 6.38. The van der Waals surface area contributed by atoms with E-state index in [2.05, 4.69) is 38.7 Å². The first-order chi connectivity index (χ1) is 11.5. The maximum absolute atomic E-state index is 12.2. The smallest absolute Gasteiger partial charge is 0.325 e. The summed E-state index contributed by atoms with van der Waals surface area (Å²) in [5.74, 6) is 0. The van der Waals surface area contributed by atoms with Crippen molar-refractivity contribution in [1.29, 1.82) is 0 Å². The lowest BCUT2D eigenvalue weighted by Crippen LogP contribution is -2.37. The lowest BCUT2D eigenvalue weighted by molar-refractivity contribution is 0.262. The highest BCUT2D eigenvalue weighted by atomic mass is 32.1. The molecule has 1 aromatic heterocycles. The van der Waals surface area contributed by atoms with E-state index in [1.165, 1.54) is 30.6 Å². The van der Waals surface area contributed by atoms with Gasteiger partial charge in [0.15, 0.2) is 0 Å². The number of hydrogen-bond acceptors (Lipinski definition) is 5. The van der Waals surface area contributed by atoms with E-state index >= 15 is 0 Å². The number of hydrogen-bond donors (Lipinski definition) is 2. The third kappa shape index (κ3) is 4.03. The van der Waals surface area contributed by atoms with Crippen LogP contribution in [0.3, 0.4) is 0 Å². The number of urea groups is 1. The molecule has 0 spiro atoms. The summed E-state index contributed by atoms with van der Waals surface area (Å²) in [5, 5.41) is 15.3. The minimum Gasteiger partial charge on any atom is -0.344 e. The van der Waals surface area contributed by atoms with Crippen molar-refractivity contribution in [2.45, 2.75) is 46.1 Å². The molecule has 1 saturated heterocycles. The molecule has 1 fully saturated rings. The van der Waals surface area contributed by atoms with Gasteiger partial charge in [-0.2, -0.15) is 0 Å². The van der Waals surface area contributed by atoms with Crippen LogP contribution in [-0.4, -0.2) is 28.8 Å². The van der Waals surface area contributed by atoms with E-state index in [1.807, 2.05) is 26.0 Å². The Labute approximate surface area is 146 Å². The molecule has 2 aromatic rings. The average Bonchev–Trinajstić information content (AvgIpc) is 2.94. The molecule has 0 bridgehead atoms.